The number of carbonyl (C=O) groups is 1. The van der Waals surface area contributed by atoms with Crippen molar-refractivity contribution >= 4 is 38.7 Å². The Hall–Kier alpha value is -2.40. The normalized spacial score (nSPS) is 18.9. The van der Waals surface area contributed by atoms with Gasteiger partial charge in [0.25, 0.3) is 0 Å². The minimum atomic E-state index is -3.79. The van der Waals surface area contributed by atoms with Crippen molar-refractivity contribution in [3.05, 3.63) is 54.1 Å². The second-order valence-corrected chi connectivity index (χ2v) is 9.70. The topological polar surface area (TPSA) is 112 Å². The monoisotopic (exact) mass is 446 g/mol. The van der Waals surface area contributed by atoms with Crippen LogP contribution in [0.3, 0.4) is 0 Å². The van der Waals surface area contributed by atoms with Crippen LogP contribution in [0.25, 0.3) is 11.0 Å². The predicted molar refractivity (Wildman–Crippen MR) is 113 cm³/mol. The molecule has 2 heterocycles. The van der Waals surface area contributed by atoms with Crippen molar-refractivity contribution in [1.82, 2.24) is 18.4 Å². The summed E-state index contributed by atoms with van der Waals surface area (Å²) in [7, 11) is -3.79. The van der Waals surface area contributed by atoms with Crippen LogP contribution in [0.2, 0.25) is 0 Å². The number of fused-ring (bicyclic) bond motifs is 1. The van der Waals surface area contributed by atoms with Gasteiger partial charge in [0.2, 0.25) is 15.9 Å². The molecule has 1 fully saturated rings. The molecule has 3 aromatic rings. The Kier molecular flexibility index (Phi) is 6.09. The van der Waals surface area contributed by atoms with E-state index in [1.54, 1.807) is 24.3 Å². The highest BCUT2D eigenvalue weighted by Crippen LogP contribution is 2.28. The number of aromatic nitrogens is 2. The number of amides is 1. The van der Waals surface area contributed by atoms with Gasteiger partial charge in [-0.05, 0) is 30.5 Å². The van der Waals surface area contributed by atoms with Crippen LogP contribution in [0.1, 0.15) is 24.5 Å². The first-order valence-electron chi connectivity index (χ1n) is 9.69. The summed E-state index contributed by atoms with van der Waals surface area (Å²) < 4.78 is 36.0. The fourth-order valence-corrected chi connectivity index (χ4v) is 5.91. The first kappa shape index (κ1) is 20.9. The summed E-state index contributed by atoms with van der Waals surface area (Å²) in [6, 6.07) is 14.0. The van der Waals surface area contributed by atoms with Gasteiger partial charge in [-0.3, -0.25) is 4.79 Å². The van der Waals surface area contributed by atoms with E-state index in [1.807, 2.05) is 18.2 Å². The minimum absolute atomic E-state index is 0.0793. The number of hydrogen-bond donors (Lipinski definition) is 2. The number of nitrogens with one attached hydrogen (secondary N) is 1. The highest BCUT2D eigenvalue weighted by Gasteiger charge is 2.34. The molecule has 1 saturated heterocycles. The molecule has 1 aliphatic rings. The van der Waals surface area contributed by atoms with Crippen LogP contribution in [0.15, 0.2) is 53.4 Å². The van der Waals surface area contributed by atoms with Crippen LogP contribution < -0.4 is 5.32 Å². The number of rotatable bonds is 6. The van der Waals surface area contributed by atoms with Crippen molar-refractivity contribution < 1.29 is 18.3 Å². The van der Waals surface area contributed by atoms with E-state index >= 15 is 0 Å². The van der Waals surface area contributed by atoms with E-state index in [0.717, 1.165) is 17.3 Å². The third kappa shape index (κ3) is 4.22. The lowest BCUT2D eigenvalue weighted by Gasteiger charge is -2.31. The molecule has 158 valence electrons. The molecule has 0 radical (unpaired) electrons. The SMILES string of the molecule is O=C(NC[C@@H](O)c1ccccc1)[C@@H]1CCCN(S(=O)(=O)c2cccc3nsnc23)C1. The minimum Gasteiger partial charge on any atom is -0.387 e. The third-order valence-electron chi connectivity index (χ3n) is 5.28. The zero-order valence-electron chi connectivity index (χ0n) is 16.1. The fourth-order valence-electron chi connectivity index (χ4n) is 3.64. The molecule has 0 aliphatic carbocycles. The van der Waals surface area contributed by atoms with Gasteiger partial charge in [0, 0.05) is 19.6 Å². The molecule has 2 aromatic carbocycles. The molecular formula is C20H22N4O4S2. The number of carbonyl (C=O) groups excluding carboxylic acids is 1. The van der Waals surface area contributed by atoms with Crippen molar-refractivity contribution in [2.45, 2.75) is 23.8 Å². The summed E-state index contributed by atoms with van der Waals surface area (Å²) in [4.78, 5) is 12.8. The maximum Gasteiger partial charge on any atom is 0.245 e. The number of benzene rings is 2. The van der Waals surface area contributed by atoms with E-state index in [1.165, 1.54) is 10.4 Å². The molecule has 1 aromatic heterocycles. The first-order chi connectivity index (χ1) is 14.5. The van der Waals surface area contributed by atoms with Crippen molar-refractivity contribution in [3.8, 4) is 0 Å². The largest absolute Gasteiger partial charge is 0.387 e. The van der Waals surface area contributed by atoms with E-state index in [0.29, 0.717) is 30.4 Å². The number of nitrogens with zero attached hydrogens (tertiary/aromatic N) is 3. The summed E-state index contributed by atoms with van der Waals surface area (Å²) >= 11 is 0.972. The Morgan fingerprint density at radius 3 is 2.80 bits per heavy atom. The van der Waals surface area contributed by atoms with Crippen LogP contribution in [-0.2, 0) is 14.8 Å². The Bertz CT molecular complexity index is 1130. The molecule has 4 rings (SSSR count). The van der Waals surface area contributed by atoms with E-state index in [2.05, 4.69) is 14.1 Å². The number of piperidine rings is 1. The lowest BCUT2D eigenvalue weighted by Crippen LogP contribution is -2.46. The van der Waals surface area contributed by atoms with Gasteiger partial charge >= 0.3 is 0 Å². The number of hydrogen-bond acceptors (Lipinski definition) is 7. The molecule has 30 heavy (non-hydrogen) atoms. The summed E-state index contributed by atoms with van der Waals surface area (Å²) in [6.07, 6.45) is 0.374. The average molecular weight is 447 g/mol. The molecule has 10 heteroatoms. The molecule has 1 aliphatic heterocycles. The Morgan fingerprint density at radius 1 is 1.20 bits per heavy atom. The Labute approximate surface area is 178 Å². The zero-order valence-corrected chi connectivity index (χ0v) is 17.8. The molecule has 0 unspecified atom stereocenters. The van der Waals surface area contributed by atoms with Crippen molar-refractivity contribution in [2.24, 2.45) is 5.92 Å². The van der Waals surface area contributed by atoms with Gasteiger partial charge in [0.05, 0.1) is 23.8 Å². The summed E-state index contributed by atoms with van der Waals surface area (Å²) in [6.45, 7) is 0.534. The zero-order chi connectivity index (χ0) is 21.1. The molecule has 0 saturated carbocycles. The Balaban J connectivity index is 1.44. The molecule has 2 atom stereocenters. The molecule has 1 amide bonds. The van der Waals surface area contributed by atoms with Gasteiger partial charge < -0.3 is 10.4 Å². The van der Waals surface area contributed by atoms with Gasteiger partial charge in [-0.2, -0.15) is 13.1 Å². The van der Waals surface area contributed by atoms with Crippen LogP contribution in [0.5, 0.6) is 0 Å². The van der Waals surface area contributed by atoms with Gasteiger partial charge in [-0.25, -0.2) is 8.42 Å². The van der Waals surface area contributed by atoms with Gasteiger partial charge in [-0.15, -0.1) is 0 Å². The molecular weight excluding hydrogens is 424 g/mol. The van der Waals surface area contributed by atoms with Crippen LogP contribution in [-0.4, -0.2) is 52.1 Å². The maximum atomic E-state index is 13.2. The van der Waals surface area contributed by atoms with E-state index in [9.17, 15) is 18.3 Å². The van der Waals surface area contributed by atoms with E-state index in [4.69, 9.17) is 0 Å². The lowest BCUT2D eigenvalue weighted by molar-refractivity contribution is -0.126. The van der Waals surface area contributed by atoms with E-state index < -0.39 is 22.0 Å². The highest BCUT2D eigenvalue weighted by molar-refractivity contribution is 7.89. The second-order valence-electron chi connectivity index (χ2n) is 7.26. The average Bonchev–Trinajstić information content (AvgIpc) is 3.26. The van der Waals surface area contributed by atoms with Crippen molar-refractivity contribution in [1.29, 1.82) is 0 Å². The van der Waals surface area contributed by atoms with E-state index in [-0.39, 0.29) is 23.9 Å². The highest BCUT2D eigenvalue weighted by atomic mass is 32.2. The molecule has 8 nitrogen and oxygen atoms in total. The summed E-state index contributed by atoms with van der Waals surface area (Å²) in [5, 5.41) is 13.0. The summed E-state index contributed by atoms with van der Waals surface area (Å²) in [5.74, 6) is -0.720. The predicted octanol–water partition coefficient (Wildman–Crippen LogP) is 1.94. The summed E-state index contributed by atoms with van der Waals surface area (Å²) in [5.41, 5.74) is 1.62. The van der Waals surface area contributed by atoms with Gasteiger partial charge in [0.15, 0.2) is 0 Å². The lowest BCUT2D eigenvalue weighted by atomic mass is 9.98. The number of aliphatic hydroxyl groups is 1. The fraction of sp³-hybridized carbons (Fsp3) is 0.350. The van der Waals surface area contributed by atoms with Crippen molar-refractivity contribution in [3.63, 3.8) is 0 Å². The maximum absolute atomic E-state index is 13.2. The molecule has 2 N–H and O–H groups in total. The number of sulfonamides is 1. The molecule has 0 bridgehead atoms. The number of aliphatic hydroxyl groups excluding tert-OH is 1. The van der Waals surface area contributed by atoms with Gasteiger partial charge in [-0.1, -0.05) is 36.4 Å². The van der Waals surface area contributed by atoms with Crippen LogP contribution in [0.4, 0.5) is 0 Å². The quantitative estimate of drug-likeness (QED) is 0.598. The van der Waals surface area contributed by atoms with Crippen LogP contribution >= 0.6 is 11.7 Å². The van der Waals surface area contributed by atoms with Crippen LogP contribution in [0, 0.1) is 5.92 Å². The van der Waals surface area contributed by atoms with Gasteiger partial charge in [0.1, 0.15) is 15.9 Å². The Morgan fingerprint density at radius 2 is 2.00 bits per heavy atom. The second kappa shape index (κ2) is 8.76. The smallest absolute Gasteiger partial charge is 0.245 e. The third-order valence-corrected chi connectivity index (χ3v) is 7.72. The van der Waals surface area contributed by atoms with Crippen molar-refractivity contribution in [2.75, 3.05) is 19.6 Å². The molecule has 0 spiro atoms. The first-order valence-corrected chi connectivity index (χ1v) is 11.9. The standard InChI is InChI=1S/C20H22N4O4S2/c25-17(14-6-2-1-3-7-14)12-21-20(26)15-8-5-11-24(13-15)30(27,28)18-10-4-9-16-19(18)23-29-22-16/h1-4,6-7,9-10,15,17,25H,5,8,11-13H2,(H,21,26)/t15-,17-/m1/s1.